The quantitative estimate of drug-likeness (QED) is 0.813. The maximum atomic E-state index is 11.9. The summed E-state index contributed by atoms with van der Waals surface area (Å²) in [5.74, 6) is -0.716. The van der Waals surface area contributed by atoms with E-state index in [1.54, 1.807) is 5.51 Å². The van der Waals surface area contributed by atoms with Gasteiger partial charge in [0.15, 0.2) is 0 Å². The van der Waals surface area contributed by atoms with Crippen LogP contribution in [0.15, 0.2) is 5.51 Å². The standard InChI is InChI=1S/C12H15N3O3S/c1-6(2)10-11(13-5-19-10)14-8(16)3-7-4-9(17)15-12(7)18/h5-7H,3-4H2,1-2H3,(H,14,16)(H,15,17,18). The van der Waals surface area contributed by atoms with Gasteiger partial charge in [0, 0.05) is 12.8 Å². The van der Waals surface area contributed by atoms with Gasteiger partial charge in [0.05, 0.1) is 16.3 Å². The molecule has 0 aromatic carbocycles. The average molecular weight is 281 g/mol. The van der Waals surface area contributed by atoms with Crippen molar-refractivity contribution in [3.05, 3.63) is 10.4 Å². The Morgan fingerprint density at radius 3 is 2.89 bits per heavy atom. The molecule has 3 amide bonds. The Balaban J connectivity index is 1.96. The van der Waals surface area contributed by atoms with Gasteiger partial charge >= 0.3 is 0 Å². The van der Waals surface area contributed by atoms with Crippen LogP contribution in [-0.4, -0.2) is 22.7 Å². The van der Waals surface area contributed by atoms with Gasteiger partial charge < -0.3 is 5.32 Å². The number of nitrogens with one attached hydrogen (secondary N) is 2. The summed E-state index contributed by atoms with van der Waals surface area (Å²) in [6.07, 6.45) is 0.0903. The van der Waals surface area contributed by atoms with Gasteiger partial charge in [-0.2, -0.15) is 0 Å². The number of hydrogen-bond donors (Lipinski definition) is 2. The summed E-state index contributed by atoms with van der Waals surface area (Å²) < 4.78 is 0. The Morgan fingerprint density at radius 2 is 2.32 bits per heavy atom. The van der Waals surface area contributed by atoms with Crippen LogP contribution in [0, 0.1) is 5.92 Å². The van der Waals surface area contributed by atoms with Gasteiger partial charge in [-0.05, 0) is 5.92 Å². The molecule has 0 aliphatic carbocycles. The Hall–Kier alpha value is -1.76. The van der Waals surface area contributed by atoms with E-state index >= 15 is 0 Å². The maximum Gasteiger partial charge on any atom is 0.230 e. The van der Waals surface area contributed by atoms with Gasteiger partial charge in [-0.25, -0.2) is 4.98 Å². The summed E-state index contributed by atoms with van der Waals surface area (Å²) in [7, 11) is 0. The molecular weight excluding hydrogens is 266 g/mol. The second kappa shape index (κ2) is 5.48. The summed E-state index contributed by atoms with van der Waals surface area (Å²) in [5.41, 5.74) is 1.68. The van der Waals surface area contributed by atoms with Gasteiger partial charge in [-0.1, -0.05) is 13.8 Å². The van der Waals surface area contributed by atoms with E-state index < -0.39 is 5.92 Å². The summed E-state index contributed by atoms with van der Waals surface area (Å²) in [4.78, 5) is 39.4. The molecule has 2 N–H and O–H groups in total. The van der Waals surface area contributed by atoms with E-state index in [9.17, 15) is 14.4 Å². The fourth-order valence-electron chi connectivity index (χ4n) is 1.94. The van der Waals surface area contributed by atoms with E-state index in [-0.39, 0.29) is 36.5 Å². The molecule has 1 fully saturated rings. The number of carbonyl (C=O) groups is 3. The Morgan fingerprint density at radius 1 is 1.58 bits per heavy atom. The van der Waals surface area contributed by atoms with Crippen molar-refractivity contribution in [2.24, 2.45) is 5.92 Å². The minimum absolute atomic E-state index is 0.00658. The van der Waals surface area contributed by atoms with Crippen LogP contribution in [0.25, 0.3) is 0 Å². The topological polar surface area (TPSA) is 88.2 Å². The van der Waals surface area contributed by atoms with Gasteiger partial charge in [0.1, 0.15) is 5.82 Å². The van der Waals surface area contributed by atoms with Crippen LogP contribution in [0.2, 0.25) is 0 Å². The third-order valence-electron chi connectivity index (χ3n) is 2.87. The molecular formula is C12H15N3O3S. The molecule has 0 spiro atoms. The smallest absolute Gasteiger partial charge is 0.230 e. The van der Waals surface area contributed by atoms with Gasteiger partial charge in [0.2, 0.25) is 17.7 Å². The summed E-state index contributed by atoms with van der Waals surface area (Å²) in [6, 6.07) is 0. The number of hydrogen-bond acceptors (Lipinski definition) is 5. The van der Waals surface area contributed by atoms with Crippen LogP contribution >= 0.6 is 11.3 Å². The number of nitrogens with zero attached hydrogens (tertiary/aromatic N) is 1. The van der Waals surface area contributed by atoms with Crippen LogP contribution in [0.3, 0.4) is 0 Å². The first kappa shape index (κ1) is 13.7. The maximum absolute atomic E-state index is 11.9. The fraction of sp³-hybridized carbons (Fsp3) is 0.500. The van der Waals surface area contributed by atoms with E-state index in [1.807, 2.05) is 13.8 Å². The minimum atomic E-state index is -0.561. The molecule has 0 saturated carbocycles. The first-order valence-corrected chi connectivity index (χ1v) is 6.92. The highest BCUT2D eigenvalue weighted by atomic mass is 32.1. The highest BCUT2D eigenvalue weighted by Crippen LogP contribution is 2.27. The van der Waals surface area contributed by atoms with Crippen LogP contribution in [0.5, 0.6) is 0 Å². The Bertz CT molecular complexity index is 524. The predicted molar refractivity (Wildman–Crippen MR) is 70.7 cm³/mol. The minimum Gasteiger partial charge on any atom is -0.310 e. The molecule has 19 heavy (non-hydrogen) atoms. The Labute approximate surface area is 114 Å². The molecule has 1 aromatic rings. The van der Waals surface area contributed by atoms with Crippen molar-refractivity contribution >= 4 is 34.9 Å². The van der Waals surface area contributed by atoms with Crippen molar-refractivity contribution in [3.8, 4) is 0 Å². The SMILES string of the molecule is CC(C)c1scnc1NC(=O)CC1CC(=O)NC1=O. The largest absolute Gasteiger partial charge is 0.310 e. The first-order valence-electron chi connectivity index (χ1n) is 6.04. The molecule has 7 heteroatoms. The highest BCUT2D eigenvalue weighted by molar-refractivity contribution is 7.10. The molecule has 6 nitrogen and oxygen atoms in total. The zero-order valence-electron chi connectivity index (χ0n) is 10.7. The fourth-order valence-corrected chi connectivity index (χ4v) is 2.70. The average Bonchev–Trinajstić information content (AvgIpc) is 2.86. The number of anilines is 1. The van der Waals surface area contributed by atoms with Crippen LogP contribution in [0.4, 0.5) is 5.82 Å². The summed E-state index contributed by atoms with van der Waals surface area (Å²) >= 11 is 1.48. The van der Waals surface area contributed by atoms with E-state index in [0.717, 1.165) is 4.88 Å². The van der Waals surface area contributed by atoms with Crippen molar-refractivity contribution in [1.29, 1.82) is 0 Å². The number of aromatic nitrogens is 1. The van der Waals surface area contributed by atoms with Crippen molar-refractivity contribution in [1.82, 2.24) is 10.3 Å². The zero-order chi connectivity index (χ0) is 14.0. The first-order chi connectivity index (χ1) is 8.97. The van der Waals surface area contributed by atoms with E-state index in [1.165, 1.54) is 11.3 Å². The van der Waals surface area contributed by atoms with Crippen molar-refractivity contribution < 1.29 is 14.4 Å². The number of rotatable bonds is 4. The third kappa shape index (κ3) is 3.17. The molecule has 1 aliphatic heterocycles. The van der Waals surface area contributed by atoms with Gasteiger partial charge in [-0.15, -0.1) is 11.3 Å². The van der Waals surface area contributed by atoms with Crippen molar-refractivity contribution in [3.63, 3.8) is 0 Å². The molecule has 1 unspecified atom stereocenters. The Kier molecular flexibility index (Phi) is 3.94. The van der Waals surface area contributed by atoms with E-state index in [2.05, 4.69) is 15.6 Å². The lowest BCUT2D eigenvalue weighted by Gasteiger charge is -2.08. The molecule has 1 aliphatic rings. The monoisotopic (exact) mass is 281 g/mol. The summed E-state index contributed by atoms with van der Waals surface area (Å²) in [5, 5.41) is 4.89. The molecule has 0 bridgehead atoms. The lowest BCUT2D eigenvalue weighted by molar-refractivity contribution is -0.127. The van der Waals surface area contributed by atoms with E-state index in [0.29, 0.717) is 5.82 Å². The normalized spacial score (nSPS) is 18.8. The highest BCUT2D eigenvalue weighted by Gasteiger charge is 2.32. The second-order valence-corrected chi connectivity index (χ2v) is 5.67. The molecule has 0 radical (unpaired) electrons. The third-order valence-corrected chi connectivity index (χ3v) is 4.00. The molecule has 1 atom stereocenters. The number of carbonyl (C=O) groups excluding carboxylic acids is 3. The van der Waals surface area contributed by atoms with Crippen LogP contribution in [-0.2, 0) is 14.4 Å². The van der Waals surface area contributed by atoms with Gasteiger partial charge in [-0.3, -0.25) is 19.7 Å². The van der Waals surface area contributed by atoms with Crippen LogP contribution in [0.1, 0.15) is 37.5 Å². The number of thiazole rings is 1. The lowest BCUT2D eigenvalue weighted by atomic mass is 10.0. The van der Waals surface area contributed by atoms with Crippen molar-refractivity contribution in [2.45, 2.75) is 32.6 Å². The number of imide groups is 1. The van der Waals surface area contributed by atoms with E-state index in [4.69, 9.17) is 0 Å². The molecule has 1 aromatic heterocycles. The predicted octanol–water partition coefficient (Wildman–Crippen LogP) is 1.26. The molecule has 1 saturated heterocycles. The van der Waals surface area contributed by atoms with Crippen LogP contribution < -0.4 is 10.6 Å². The van der Waals surface area contributed by atoms with Gasteiger partial charge in [0.25, 0.3) is 0 Å². The lowest BCUT2D eigenvalue weighted by Crippen LogP contribution is -2.25. The zero-order valence-corrected chi connectivity index (χ0v) is 11.5. The molecule has 2 rings (SSSR count). The molecule has 102 valence electrons. The van der Waals surface area contributed by atoms with Crippen molar-refractivity contribution in [2.75, 3.05) is 5.32 Å². The molecule has 2 heterocycles. The second-order valence-electron chi connectivity index (χ2n) is 4.79. The number of amides is 3. The summed E-state index contributed by atoms with van der Waals surface area (Å²) in [6.45, 7) is 4.04.